The molecular formula is C16H22N2O4S. The molecule has 2 N–H and O–H groups in total. The third-order valence-corrected chi connectivity index (χ3v) is 4.36. The maximum absolute atomic E-state index is 12.1. The van der Waals surface area contributed by atoms with Crippen LogP contribution >= 0.6 is 11.8 Å². The van der Waals surface area contributed by atoms with Gasteiger partial charge >= 0.3 is 0 Å². The largest absolute Gasteiger partial charge is 0.376 e. The van der Waals surface area contributed by atoms with E-state index in [0.717, 1.165) is 10.6 Å². The van der Waals surface area contributed by atoms with Crippen LogP contribution in [0.1, 0.15) is 13.8 Å². The molecule has 0 bridgehead atoms. The topological polar surface area (TPSA) is 76.7 Å². The normalized spacial score (nSPS) is 19.0. The van der Waals surface area contributed by atoms with Gasteiger partial charge in [-0.05, 0) is 31.2 Å². The van der Waals surface area contributed by atoms with E-state index in [4.69, 9.17) is 9.47 Å². The molecule has 0 aliphatic carbocycles. The molecule has 6 nitrogen and oxygen atoms in total. The van der Waals surface area contributed by atoms with Gasteiger partial charge in [-0.25, -0.2) is 0 Å². The molecule has 2 atom stereocenters. The number of carbonyl (C=O) groups excluding carboxylic acids is 2. The number of anilines is 1. The maximum atomic E-state index is 12.1. The number of rotatable bonds is 6. The van der Waals surface area contributed by atoms with E-state index in [2.05, 4.69) is 10.6 Å². The number of benzene rings is 1. The summed E-state index contributed by atoms with van der Waals surface area (Å²) in [5, 5.41) is 5.38. The van der Waals surface area contributed by atoms with E-state index < -0.39 is 0 Å². The Balaban J connectivity index is 1.77. The van der Waals surface area contributed by atoms with Crippen LogP contribution in [0.15, 0.2) is 29.2 Å². The molecule has 0 saturated carbocycles. The fourth-order valence-electron chi connectivity index (χ4n) is 2.09. The zero-order valence-corrected chi connectivity index (χ0v) is 14.2. The van der Waals surface area contributed by atoms with Gasteiger partial charge in [0.1, 0.15) is 0 Å². The van der Waals surface area contributed by atoms with Gasteiger partial charge in [0.25, 0.3) is 0 Å². The minimum Gasteiger partial charge on any atom is -0.376 e. The van der Waals surface area contributed by atoms with Gasteiger partial charge in [0.05, 0.1) is 31.2 Å². The molecule has 126 valence electrons. The van der Waals surface area contributed by atoms with Crippen molar-refractivity contribution in [1.82, 2.24) is 5.32 Å². The maximum Gasteiger partial charge on any atom is 0.233 e. The van der Waals surface area contributed by atoms with Crippen LogP contribution in [0.4, 0.5) is 5.69 Å². The van der Waals surface area contributed by atoms with E-state index in [1.807, 2.05) is 31.2 Å². The second kappa shape index (κ2) is 8.90. The summed E-state index contributed by atoms with van der Waals surface area (Å²) in [4.78, 5) is 24.1. The first kappa shape index (κ1) is 17.8. The highest BCUT2D eigenvalue weighted by Gasteiger charge is 2.18. The summed E-state index contributed by atoms with van der Waals surface area (Å²) < 4.78 is 10.8. The second-order valence-corrected chi connectivity index (χ2v) is 6.69. The van der Waals surface area contributed by atoms with Crippen molar-refractivity contribution < 1.29 is 19.1 Å². The molecular weight excluding hydrogens is 316 g/mol. The van der Waals surface area contributed by atoms with Crippen LogP contribution in [0.3, 0.4) is 0 Å². The molecule has 2 amide bonds. The smallest absolute Gasteiger partial charge is 0.233 e. The number of carbonyl (C=O) groups is 2. The van der Waals surface area contributed by atoms with E-state index in [1.54, 1.807) is 0 Å². The Hall–Kier alpha value is -1.57. The van der Waals surface area contributed by atoms with E-state index in [-0.39, 0.29) is 23.2 Å². The highest BCUT2D eigenvalue weighted by Crippen LogP contribution is 2.24. The van der Waals surface area contributed by atoms with Crippen LogP contribution < -0.4 is 10.6 Å². The van der Waals surface area contributed by atoms with E-state index in [9.17, 15) is 9.59 Å². The van der Waals surface area contributed by atoms with Gasteiger partial charge in [-0.3, -0.25) is 9.59 Å². The summed E-state index contributed by atoms with van der Waals surface area (Å²) in [7, 11) is 0. The Morgan fingerprint density at radius 3 is 2.65 bits per heavy atom. The summed E-state index contributed by atoms with van der Waals surface area (Å²) in [6.45, 7) is 5.50. The molecule has 1 fully saturated rings. The Morgan fingerprint density at radius 2 is 2.04 bits per heavy atom. The minimum absolute atomic E-state index is 0.0323. The lowest BCUT2D eigenvalue weighted by atomic mass is 10.3. The van der Waals surface area contributed by atoms with Gasteiger partial charge in [-0.2, -0.15) is 0 Å². The van der Waals surface area contributed by atoms with Gasteiger partial charge in [-0.1, -0.05) is 0 Å². The van der Waals surface area contributed by atoms with Crippen LogP contribution in [-0.4, -0.2) is 49.5 Å². The summed E-state index contributed by atoms with van der Waals surface area (Å²) in [6.07, 6.45) is -0.0677. The lowest BCUT2D eigenvalue weighted by Gasteiger charge is -2.23. The van der Waals surface area contributed by atoms with Crippen molar-refractivity contribution in [2.24, 2.45) is 0 Å². The molecule has 2 unspecified atom stereocenters. The second-order valence-electron chi connectivity index (χ2n) is 5.28. The van der Waals surface area contributed by atoms with Crippen molar-refractivity contribution in [3.8, 4) is 0 Å². The monoisotopic (exact) mass is 338 g/mol. The number of hydrogen-bond acceptors (Lipinski definition) is 5. The molecule has 7 heteroatoms. The first-order chi connectivity index (χ1) is 11.0. The van der Waals surface area contributed by atoms with Crippen LogP contribution in [-0.2, 0) is 19.1 Å². The lowest BCUT2D eigenvalue weighted by Crippen LogP contribution is -2.42. The third kappa shape index (κ3) is 6.21. The number of ether oxygens (including phenoxy) is 2. The van der Waals surface area contributed by atoms with Crippen molar-refractivity contribution in [2.75, 3.05) is 31.7 Å². The quantitative estimate of drug-likeness (QED) is 0.772. The summed E-state index contributed by atoms with van der Waals surface area (Å²) in [6, 6.07) is 7.42. The molecule has 1 aromatic carbocycles. The Kier molecular flexibility index (Phi) is 6.88. The van der Waals surface area contributed by atoms with Gasteiger partial charge in [0.2, 0.25) is 11.8 Å². The molecule has 1 saturated heterocycles. The lowest BCUT2D eigenvalue weighted by molar-refractivity contribution is -0.123. The molecule has 2 rings (SSSR count). The van der Waals surface area contributed by atoms with E-state index in [1.165, 1.54) is 18.7 Å². The number of nitrogens with one attached hydrogen (secondary N) is 2. The number of hydrogen-bond donors (Lipinski definition) is 2. The molecule has 23 heavy (non-hydrogen) atoms. The SMILES string of the molecule is CC(=O)Nc1ccc(SC(C)C(=O)NCC2COCCO2)cc1. The molecule has 1 heterocycles. The average Bonchev–Trinajstić information content (AvgIpc) is 2.55. The highest BCUT2D eigenvalue weighted by molar-refractivity contribution is 8.00. The average molecular weight is 338 g/mol. The standard InChI is InChI=1S/C16H22N2O4S/c1-11(16(20)17-9-14-10-21-7-8-22-14)23-15-5-3-13(4-6-15)18-12(2)19/h3-6,11,14H,7-10H2,1-2H3,(H,17,20)(H,18,19). The molecule has 1 aliphatic rings. The van der Waals surface area contributed by atoms with E-state index >= 15 is 0 Å². The van der Waals surface area contributed by atoms with Crippen molar-refractivity contribution in [1.29, 1.82) is 0 Å². The van der Waals surface area contributed by atoms with Gasteiger partial charge in [-0.15, -0.1) is 11.8 Å². The Labute approximate surface area is 140 Å². The first-order valence-electron chi connectivity index (χ1n) is 7.56. The fraction of sp³-hybridized carbons (Fsp3) is 0.500. The predicted octanol–water partition coefficient (Wildman–Crippen LogP) is 1.66. The van der Waals surface area contributed by atoms with Gasteiger partial charge in [0.15, 0.2) is 0 Å². The number of amides is 2. The Morgan fingerprint density at radius 1 is 1.30 bits per heavy atom. The molecule has 0 aromatic heterocycles. The van der Waals surface area contributed by atoms with Crippen molar-refractivity contribution in [3.05, 3.63) is 24.3 Å². The summed E-state index contributed by atoms with van der Waals surface area (Å²) >= 11 is 1.47. The van der Waals surface area contributed by atoms with Crippen molar-refractivity contribution in [2.45, 2.75) is 30.1 Å². The minimum atomic E-state index is -0.217. The molecule has 0 spiro atoms. The van der Waals surface area contributed by atoms with E-state index in [0.29, 0.717) is 26.4 Å². The zero-order valence-electron chi connectivity index (χ0n) is 13.3. The predicted molar refractivity (Wildman–Crippen MR) is 89.6 cm³/mol. The number of thioether (sulfide) groups is 1. The van der Waals surface area contributed by atoms with Crippen LogP contribution in [0.2, 0.25) is 0 Å². The summed E-state index contributed by atoms with van der Waals surface area (Å²) in [5.74, 6) is -0.137. The van der Waals surface area contributed by atoms with Gasteiger partial charge < -0.3 is 20.1 Å². The third-order valence-electron chi connectivity index (χ3n) is 3.25. The highest BCUT2D eigenvalue weighted by atomic mass is 32.2. The fourth-order valence-corrected chi connectivity index (χ4v) is 2.98. The van der Waals surface area contributed by atoms with Crippen LogP contribution in [0.5, 0.6) is 0 Å². The van der Waals surface area contributed by atoms with Crippen molar-refractivity contribution in [3.63, 3.8) is 0 Å². The van der Waals surface area contributed by atoms with Crippen molar-refractivity contribution >= 4 is 29.3 Å². The first-order valence-corrected chi connectivity index (χ1v) is 8.44. The zero-order chi connectivity index (χ0) is 16.7. The molecule has 0 radical (unpaired) electrons. The molecule has 1 aliphatic heterocycles. The van der Waals surface area contributed by atoms with Crippen LogP contribution in [0.25, 0.3) is 0 Å². The van der Waals surface area contributed by atoms with Crippen LogP contribution in [0, 0.1) is 0 Å². The Bertz CT molecular complexity index is 529. The summed E-state index contributed by atoms with van der Waals surface area (Å²) in [5.41, 5.74) is 0.744. The molecule has 1 aromatic rings. The van der Waals surface area contributed by atoms with Gasteiger partial charge in [0, 0.05) is 24.1 Å².